The van der Waals surface area contributed by atoms with Crippen LogP contribution in [0.4, 0.5) is 0 Å². The molecular formula is C6H6ClNO2S2. The molecule has 0 bridgehead atoms. The normalized spacial score (nSPS) is 11.5. The minimum absolute atomic E-state index is 0.0866. The molecule has 3 nitrogen and oxygen atoms in total. The zero-order valence-corrected chi connectivity index (χ0v) is 8.58. The van der Waals surface area contributed by atoms with Crippen LogP contribution in [0.1, 0.15) is 0 Å². The Morgan fingerprint density at radius 2 is 2.25 bits per heavy atom. The monoisotopic (exact) mass is 223 g/mol. The fourth-order valence-electron chi connectivity index (χ4n) is 0.655. The summed E-state index contributed by atoms with van der Waals surface area (Å²) < 4.78 is 21.7. The van der Waals surface area contributed by atoms with Gasteiger partial charge >= 0.3 is 0 Å². The van der Waals surface area contributed by atoms with E-state index in [1.165, 1.54) is 30.1 Å². The van der Waals surface area contributed by atoms with Crippen molar-refractivity contribution >= 4 is 31.5 Å². The van der Waals surface area contributed by atoms with E-state index in [1.807, 2.05) is 6.26 Å². The lowest BCUT2D eigenvalue weighted by atomic mass is 10.5. The Morgan fingerprint density at radius 1 is 1.58 bits per heavy atom. The average Bonchev–Trinajstić information content (AvgIpc) is 2.03. The van der Waals surface area contributed by atoms with E-state index in [4.69, 9.17) is 10.7 Å². The van der Waals surface area contributed by atoms with Crippen LogP contribution in [0.15, 0.2) is 28.3 Å². The molecule has 1 heterocycles. The molecule has 0 amide bonds. The van der Waals surface area contributed by atoms with E-state index in [1.54, 1.807) is 0 Å². The largest absolute Gasteiger partial charge is 0.261 e. The minimum Gasteiger partial charge on any atom is -0.250 e. The molecule has 0 aliphatic carbocycles. The SMILES string of the molecule is CSc1cc(S(=O)(=O)Cl)ccn1. The van der Waals surface area contributed by atoms with E-state index in [2.05, 4.69) is 4.98 Å². The molecule has 1 rings (SSSR count). The molecule has 6 heteroatoms. The number of aromatic nitrogens is 1. The Morgan fingerprint density at radius 3 is 2.75 bits per heavy atom. The topological polar surface area (TPSA) is 47.0 Å². The molecule has 0 radical (unpaired) electrons. The molecule has 0 aromatic carbocycles. The van der Waals surface area contributed by atoms with Crippen LogP contribution in [0.25, 0.3) is 0 Å². The first-order valence-electron chi connectivity index (χ1n) is 2.99. The van der Waals surface area contributed by atoms with Crippen LogP contribution < -0.4 is 0 Å². The standard InChI is InChI=1S/C6H6ClNO2S2/c1-11-6-4-5(2-3-8-6)12(7,9)10/h2-4H,1H3. The van der Waals surface area contributed by atoms with Crippen molar-refractivity contribution in [2.24, 2.45) is 0 Å². The number of halogens is 1. The van der Waals surface area contributed by atoms with Crippen molar-refractivity contribution < 1.29 is 8.42 Å². The molecule has 0 atom stereocenters. The molecule has 0 aliphatic heterocycles. The van der Waals surface area contributed by atoms with Crippen LogP contribution >= 0.6 is 22.4 Å². The fourth-order valence-corrected chi connectivity index (χ4v) is 1.90. The van der Waals surface area contributed by atoms with E-state index in [-0.39, 0.29) is 4.90 Å². The highest BCUT2D eigenvalue weighted by Crippen LogP contribution is 2.18. The maximum atomic E-state index is 10.8. The molecular weight excluding hydrogens is 218 g/mol. The first-order valence-corrected chi connectivity index (χ1v) is 6.52. The van der Waals surface area contributed by atoms with E-state index in [9.17, 15) is 8.42 Å². The second-order valence-corrected chi connectivity index (χ2v) is 5.36. The minimum atomic E-state index is -3.62. The second-order valence-electron chi connectivity index (χ2n) is 1.97. The summed E-state index contributed by atoms with van der Waals surface area (Å²) in [6.45, 7) is 0. The van der Waals surface area contributed by atoms with Gasteiger partial charge in [-0.25, -0.2) is 13.4 Å². The van der Waals surface area contributed by atoms with Crippen molar-refractivity contribution in [3.05, 3.63) is 18.3 Å². The highest BCUT2D eigenvalue weighted by Gasteiger charge is 2.09. The number of rotatable bonds is 2. The Balaban J connectivity index is 3.20. The lowest BCUT2D eigenvalue weighted by Gasteiger charge is -1.97. The third kappa shape index (κ3) is 2.36. The maximum Gasteiger partial charge on any atom is 0.261 e. The Labute approximate surface area is 79.6 Å². The van der Waals surface area contributed by atoms with Crippen LogP contribution in [-0.4, -0.2) is 19.7 Å². The first-order chi connectivity index (χ1) is 5.54. The van der Waals surface area contributed by atoms with Crippen molar-refractivity contribution in [2.45, 2.75) is 9.92 Å². The smallest absolute Gasteiger partial charge is 0.250 e. The maximum absolute atomic E-state index is 10.8. The first kappa shape index (κ1) is 9.83. The summed E-state index contributed by atoms with van der Waals surface area (Å²) in [5.74, 6) is 0. The van der Waals surface area contributed by atoms with E-state index in [0.29, 0.717) is 5.03 Å². The summed E-state index contributed by atoms with van der Waals surface area (Å²) in [6.07, 6.45) is 3.23. The molecule has 0 N–H and O–H groups in total. The van der Waals surface area contributed by atoms with Crippen molar-refractivity contribution in [3.63, 3.8) is 0 Å². The number of hydrogen-bond acceptors (Lipinski definition) is 4. The molecule has 0 unspecified atom stereocenters. The van der Waals surface area contributed by atoms with Gasteiger partial charge in [-0.3, -0.25) is 0 Å². The van der Waals surface area contributed by atoms with Crippen LogP contribution in [-0.2, 0) is 9.05 Å². The molecule has 66 valence electrons. The van der Waals surface area contributed by atoms with Crippen molar-refractivity contribution in [1.82, 2.24) is 4.98 Å². The third-order valence-electron chi connectivity index (χ3n) is 1.20. The number of hydrogen-bond donors (Lipinski definition) is 0. The summed E-state index contributed by atoms with van der Waals surface area (Å²) in [4.78, 5) is 4.00. The van der Waals surface area contributed by atoms with Gasteiger partial charge in [0.05, 0.1) is 9.92 Å². The molecule has 0 saturated heterocycles. The summed E-state index contributed by atoms with van der Waals surface area (Å²) in [5, 5.41) is 0.636. The predicted molar refractivity (Wildman–Crippen MR) is 49.1 cm³/mol. The number of nitrogens with zero attached hydrogens (tertiary/aromatic N) is 1. The van der Waals surface area contributed by atoms with Gasteiger partial charge in [0.1, 0.15) is 0 Å². The summed E-state index contributed by atoms with van der Waals surface area (Å²) in [5.41, 5.74) is 0. The Hall–Kier alpha value is -0.260. The second kappa shape index (κ2) is 3.64. The molecule has 1 aromatic heterocycles. The van der Waals surface area contributed by atoms with E-state index in [0.717, 1.165) is 0 Å². The van der Waals surface area contributed by atoms with Gasteiger partial charge in [0.2, 0.25) is 0 Å². The Kier molecular flexibility index (Phi) is 2.98. The molecule has 0 aliphatic rings. The van der Waals surface area contributed by atoms with Crippen molar-refractivity contribution in [3.8, 4) is 0 Å². The van der Waals surface area contributed by atoms with Crippen LogP contribution in [0.3, 0.4) is 0 Å². The third-order valence-corrected chi connectivity index (χ3v) is 3.19. The van der Waals surface area contributed by atoms with Gasteiger partial charge in [0, 0.05) is 16.9 Å². The van der Waals surface area contributed by atoms with Crippen LogP contribution in [0.5, 0.6) is 0 Å². The van der Waals surface area contributed by atoms with E-state index < -0.39 is 9.05 Å². The zero-order valence-electron chi connectivity index (χ0n) is 6.19. The fraction of sp³-hybridized carbons (Fsp3) is 0.167. The van der Waals surface area contributed by atoms with Crippen molar-refractivity contribution in [1.29, 1.82) is 0 Å². The Bertz CT molecular complexity index is 377. The van der Waals surface area contributed by atoms with Gasteiger partial charge in [-0.2, -0.15) is 0 Å². The zero-order chi connectivity index (χ0) is 9.19. The van der Waals surface area contributed by atoms with Crippen molar-refractivity contribution in [2.75, 3.05) is 6.26 Å². The quantitative estimate of drug-likeness (QED) is 0.566. The molecule has 12 heavy (non-hydrogen) atoms. The van der Waals surface area contributed by atoms with Gasteiger partial charge in [-0.15, -0.1) is 11.8 Å². The van der Waals surface area contributed by atoms with Gasteiger partial charge in [0.25, 0.3) is 9.05 Å². The number of thioether (sulfide) groups is 1. The summed E-state index contributed by atoms with van der Waals surface area (Å²) in [6, 6.07) is 2.80. The molecule has 0 spiro atoms. The van der Waals surface area contributed by atoms with Gasteiger partial charge in [-0.1, -0.05) is 0 Å². The molecule has 0 saturated carbocycles. The molecule has 1 aromatic rings. The van der Waals surface area contributed by atoms with Crippen LogP contribution in [0, 0.1) is 0 Å². The van der Waals surface area contributed by atoms with Crippen LogP contribution in [0.2, 0.25) is 0 Å². The highest BCUT2D eigenvalue weighted by molar-refractivity contribution is 8.13. The van der Waals surface area contributed by atoms with E-state index >= 15 is 0 Å². The lowest BCUT2D eigenvalue weighted by molar-refractivity contribution is 0.609. The summed E-state index contributed by atoms with van der Waals surface area (Å²) >= 11 is 1.36. The molecule has 0 fully saturated rings. The van der Waals surface area contributed by atoms with Gasteiger partial charge in [-0.05, 0) is 18.4 Å². The van der Waals surface area contributed by atoms with Gasteiger partial charge < -0.3 is 0 Å². The predicted octanol–water partition coefficient (Wildman–Crippen LogP) is 1.73. The highest BCUT2D eigenvalue weighted by atomic mass is 35.7. The average molecular weight is 224 g/mol. The lowest BCUT2D eigenvalue weighted by Crippen LogP contribution is -1.91. The number of pyridine rings is 1. The van der Waals surface area contributed by atoms with Gasteiger partial charge in [0.15, 0.2) is 0 Å². The summed E-state index contributed by atoms with van der Waals surface area (Å²) in [7, 11) is 1.51.